The van der Waals surface area contributed by atoms with Crippen LogP contribution in [-0.2, 0) is 6.42 Å². The molecule has 0 unspecified atom stereocenters. The van der Waals surface area contributed by atoms with Gasteiger partial charge in [0.1, 0.15) is 11.5 Å². The van der Waals surface area contributed by atoms with E-state index in [0.717, 1.165) is 12.0 Å². The molecule has 0 spiro atoms. The Balaban J connectivity index is 1.67. The molecule has 0 radical (unpaired) electrons. The molecule has 0 bridgehead atoms. The van der Waals surface area contributed by atoms with Crippen LogP contribution in [0.15, 0.2) is 34.9 Å². The number of furan rings is 1. The number of benzene rings is 1. The van der Waals surface area contributed by atoms with Crippen LogP contribution in [0.4, 0.5) is 0 Å². The highest BCUT2D eigenvalue weighted by Gasteiger charge is 2.27. The third-order valence-electron chi connectivity index (χ3n) is 4.64. The Morgan fingerprint density at radius 1 is 1.04 bits per heavy atom. The Morgan fingerprint density at radius 2 is 1.64 bits per heavy atom. The van der Waals surface area contributed by atoms with Gasteiger partial charge in [0.2, 0.25) is 0 Å². The molecule has 2 aromatic rings. The molecule has 0 atom stereocenters. The molecule has 0 saturated carbocycles. The molecule has 2 amide bonds. The van der Waals surface area contributed by atoms with Gasteiger partial charge < -0.3 is 19.3 Å². The van der Waals surface area contributed by atoms with E-state index in [2.05, 4.69) is 0 Å². The first-order valence-electron chi connectivity index (χ1n) is 8.45. The number of phenols is 1. The van der Waals surface area contributed by atoms with Gasteiger partial charge in [0.15, 0.2) is 0 Å². The first-order chi connectivity index (χ1) is 12.0. The van der Waals surface area contributed by atoms with Gasteiger partial charge in [-0.05, 0) is 37.1 Å². The van der Waals surface area contributed by atoms with Crippen LogP contribution in [0.2, 0.25) is 0 Å². The first kappa shape index (κ1) is 17.1. The summed E-state index contributed by atoms with van der Waals surface area (Å²) in [6.07, 6.45) is 2.30. The number of carbonyl (C=O) groups is 2. The molecule has 1 aliphatic heterocycles. The number of aryl methyl sites for hydroxylation is 2. The van der Waals surface area contributed by atoms with E-state index in [9.17, 15) is 14.7 Å². The quantitative estimate of drug-likeness (QED) is 0.930. The van der Waals surface area contributed by atoms with Gasteiger partial charge in [-0.1, -0.05) is 13.0 Å². The van der Waals surface area contributed by atoms with Crippen LogP contribution in [0.5, 0.6) is 5.75 Å². The topological polar surface area (TPSA) is 74.0 Å². The summed E-state index contributed by atoms with van der Waals surface area (Å²) < 4.78 is 5.19. The van der Waals surface area contributed by atoms with E-state index in [4.69, 9.17) is 4.42 Å². The summed E-state index contributed by atoms with van der Waals surface area (Å²) in [7, 11) is 0. The Morgan fingerprint density at radius 3 is 2.16 bits per heavy atom. The van der Waals surface area contributed by atoms with Gasteiger partial charge in [0, 0.05) is 26.2 Å². The third kappa shape index (κ3) is 3.38. The fourth-order valence-corrected chi connectivity index (χ4v) is 3.03. The molecule has 2 heterocycles. The molecule has 1 fully saturated rings. The van der Waals surface area contributed by atoms with Crippen LogP contribution < -0.4 is 0 Å². The lowest BCUT2D eigenvalue weighted by Crippen LogP contribution is -2.50. The lowest BCUT2D eigenvalue weighted by atomic mass is 10.1. The zero-order chi connectivity index (χ0) is 18.0. The maximum absolute atomic E-state index is 12.7. The molecule has 1 saturated heterocycles. The van der Waals surface area contributed by atoms with Crippen LogP contribution in [0.3, 0.4) is 0 Å². The van der Waals surface area contributed by atoms with Gasteiger partial charge >= 0.3 is 0 Å². The second-order valence-corrected chi connectivity index (χ2v) is 6.18. The molecule has 1 aromatic heterocycles. The van der Waals surface area contributed by atoms with Crippen molar-refractivity contribution < 1.29 is 19.1 Å². The van der Waals surface area contributed by atoms with Crippen LogP contribution >= 0.6 is 0 Å². The van der Waals surface area contributed by atoms with Gasteiger partial charge in [-0.15, -0.1) is 0 Å². The Hall–Kier alpha value is -2.76. The number of aromatic hydroxyl groups is 1. The highest BCUT2D eigenvalue weighted by Crippen LogP contribution is 2.22. The molecular weight excluding hydrogens is 320 g/mol. The minimum absolute atomic E-state index is 0.00488. The fraction of sp³-hybridized carbons (Fsp3) is 0.368. The molecule has 3 rings (SSSR count). The number of nitrogens with zero attached hydrogens (tertiary/aromatic N) is 2. The van der Waals surface area contributed by atoms with E-state index in [1.807, 2.05) is 13.0 Å². The van der Waals surface area contributed by atoms with E-state index in [1.165, 1.54) is 6.26 Å². The summed E-state index contributed by atoms with van der Waals surface area (Å²) in [4.78, 5) is 28.6. The van der Waals surface area contributed by atoms with E-state index in [1.54, 1.807) is 34.9 Å². The second-order valence-electron chi connectivity index (χ2n) is 6.18. The SMILES string of the molecule is CCc1ccc(O)c(C(=O)N2CCN(C(=O)c3ccoc3C)CC2)c1. The first-order valence-corrected chi connectivity index (χ1v) is 8.45. The van der Waals surface area contributed by atoms with Gasteiger partial charge in [0.05, 0.1) is 17.4 Å². The normalized spacial score (nSPS) is 14.6. The lowest BCUT2D eigenvalue weighted by Gasteiger charge is -2.34. The van der Waals surface area contributed by atoms with Gasteiger partial charge in [-0.2, -0.15) is 0 Å². The monoisotopic (exact) mass is 342 g/mol. The van der Waals surface area contributed by atoms with Crippen LogP contribution in [0.1, 0.15) is 39.0 Å². The van der Waals surface area contributed by atoms with Gasteiger partial charge in [-0.25, -0.2) is 0 Å². The van der Waals surface area contributed by atoms with Crippen molar-refractivity contribution in [3.05, 3.63) is 53.0 Å². The van der Waals surface area contributed by atoms with E-state index >= 15 is 0 Å². The largest absolute Gasteiger partial charge is 0.507 e. The molecule has 0 aliphatic carbocycles. The summed E-state index contributed by atoms with van der Waals surface area (Å²) in [6, 6.07) is 6.79. The molecule has 1 aromatic carbocycles. The van der Waals surface area contributed by atoms with Crippen molar-refractivity contribution in [1.29, 1.82) is 0 Å². The van der Waals surface area contributed by atoms with E-state index in [-0.39, 0.29) is 17.6 Å². The third-order valence-corrected chi connectivity index (χ3v) is 4.64. The number of piperazine rings is 1. The zero-order valence-corrected chi connectivity index (χ0v) is 14.5. The molecule has 132 valence electrons. The van der Waals surface area contributed by atoms with Crippen molar-refractivity contribution in [3.8, 4) is 5.75 Å². The highest BCUT2D eigenvalue weighted by molar-refractivity contribution is 5.98. The van der Waals surface area contributed by atoms with Crippen molar-refractivity contribution in [1.82, 2.24) is 9.80 Å². The Bertz CT molecular complexity index is 788. The maximum Gasteiger partial charge on any atom is 0.257 e. The average molecular weight is 342 g/mol. The lowest BCUT2D eigenvalue weighted by molar-refractivity contribution is 0.0532. The molecule has 1 aliphatic rings. The number of amides is 2. The summed E-state index contributed by atoms with van der Waals surface area (Å²) in [5, 5.41) is 10.0. The summed E-state index contributed by atoms with van der Waals surface area (Å²) in [5.41, 5.74) is 1.89. The van der Waals surface area contributed by atoms with Crippen molar-refractivity contribution in [2.24, 2.45) is 0 Å². The predicted molar refractivity (Wildman–Crippen MR) is 92.7 cm³/mol. The Labute approximate surface area is 146 Å². The van der Waals surface area contributed by atoms with Crippen LogP contribution in [0, 0.1) is 6.92 Å². The number of hydrogen-bond donors (Lipinski definition) is 1. The highest BCUT2D eigenvalue weighted by atomic mass is 16.3. The summed E-state index contributed by atoms with van der Waals surface area (Å²) in [6.45, 7) is 5.57. The van der Waals surface area contributed by atoms with E-state index < -0.39 is 0 Å². The minimum Gasteiger partial charge on any atom is -0.507 e. The smallest absolute Gasteiger partial charge is 0.257 e. The zero-order valence-electron chi connectivity index (χ0n) is 14.5. The number of rotatable bonds is 3. The summed E-state index contributed by atoms with van der Waals surface area (Å²) >= 11 is 0. The van der Waals surface area contributed by atoms with Crippen molar-refractivity contribution in [2.45, 2.75) is 20.3 Å². The van der Waals surface area contributed by atoms with Gasteiger partial charge in [-0.3, -0.25) is 9.59 Å². The van der Waals surface area contributed by atoms with Crippen molar-refractivity contribution in [3.63, 3.8) is 0 Å². The van der Waals surface area contributed by atoms with Crippen LogP contribution in [-0.4, -0.2) is 52.9 Å². The molecular formula is C19H22N2O4. The average Bonchev–Trinajstić information content (AvgIpc) is 3.07. The second kappa shape index (κ2) is 7.01. The van der Waals surface area contributed by atoms with Crippen molar-refractivity contribution >= 4 is 11.8 Å². The molecule has 6 nitrogen and oxygen atoms in total. The van der Waals surface area contributed by atoms with Crippen LogP contribution in [0.25, 0.3) is 0 Å². The number of phenolic OH excluding ortho intramolecular Hbond substituents is 1. The molecule has 25 heavy (non-hydrogen) atoms. The van der Waals surface area contributed by atoms with E-state index in [0.29, 0.717) is 43.1 Å². The molecule has 1 N–H and O–H groups in total. The van der Waals surface area contributed by atoms with Crippen molar-refractivity contribution in [2.75, 3.05) is 26.2 Å². The number of hydrogen-bond acceptors (Lipinski definition) is 4. The predicted octanol–water partition coefficient (Wildman–Crippen LogP) is 2.45. The number of carbonyl (C=O) groups excluding carboxylic acids is 2. The maximum atomic E-state index is 12.7. The summed E-state index contributed by atoms with van der Waals surface area (Å²) in [5.74, 6) is 0.327. The fourth-order valence-electron chi connectivity index (χ4n) is 3.03. The Kier molecular flexibility index (Phi) is 4.79. The van der Waals surface area contributed by atoms with Gasteiger partial charge in [0.25, 0.3) is 11.8 Å². The standard InChI is InChI=1S/C19H22N2O4/c1-3-14-4-5-17(22)16(12-14)19(24)21-9-7-20(8-10-21)18(23)15-6-11-25-13(15)2/h4-6,11-12,22H,3,7-10H2,1-2H3. The molecule has 6 heteroatoms. The minimum atomic E-state index is -0.195.